The van der Waals surface area contributed by atoms with Gasteiger partial charge in [0.1, 0.15) is 11.6 Å². The maximum Gasteiger partial charge on any atom is 0.266 e. The minimum Gasteiger partial charge on any atom is -0.378 e. The summed E-state index contributed by atoms with van der Waals surface area (Å²) in [4.78, 5) is 11.9. The quantitative estimate of drug-likeness (QED) is 0.511. The molecule has 0 spiro atoms. The van der Waals surface area contributed by atoms with Crippen LogP contribution in [0.3, 0.4) is 0 Å². The summed E-state index contributed by atoms with van der Waals surface area (Å²) in [5.74, 6) is -0.465. The molecule has 4 nitrogen and oxygen atoms in total. The summed E-state index contributed by atoms with van der Waals surface area (Å²) in [5, 5.41) is 12.1. The normalized spacial score (nSPS) is 10.9. The Hall–Kier alpha value is -1.83. The van der Waals surface area contributed by atoms with Crippen LogP contribution in [0.25, 0.3) is 0 Å². The van der Waals surface area contributed by atoms with Crippen molar-refractivity contribution in [3.8, 4) is 6.07 Å². The fourth-order valence-corrected chi connectivity index (χ4v) is 1.54. The number of amides is 1. The maximum atomic E-state index is 11.9. The van der Waals surface area contributed by atoms with Gasteiger partial charge in [-0.3, -0.25) is 4.79 Å². The lowest BCUT2D eigenvalue weighted by Crippen LogP contribution is -2.15. The molecule has 0 fully saturated rings. The molecule has 0 radical (unpaired) electrons. The van der Waals surface area contributed by atoms with Gasteiger partial charge in [-0.25, -0.2) is 0 Å². The summed E-state index contributed by atoms with van der Waals surface area (Å²) in [6.45, 7) is 4.46. The lowest BCUT2D eigenvalue weighted by atomic mass is 10.2. The summed E-state index contributed by atoms with van der Waals surface area (Å²) in [6.07, 6.45) is 1.46. The van der Waals surface area contributed by atoms with Gasteiger partial charge in [-0.05, 0) is 37.6 Å². The summed E-state index contributed by atoms with van der Waals surface area (Å²) >= 11 is 5.87. The van der Waals surface area contributed by atoms with Gasteiger partial charge in [0.2, 0.25) is 0 Å². The second-order valence-electron chi connectivity index (χ2n) is 3.80. The average Bonchev–Trinajstić information content (AvgIpc) is 2.39. The Kier molecular flexibility index (Phi) is 6.07. The maximum absolute atomic E-state index is 11.9. The molecular formula is C14H15ClN2O2. The molecule has 1 rings (SSSR count). The topological polar surface area (TPSA) is 62.1 Å². The van der Waals surface area contributed by atoms with Crippen LogP contribution in [-0.4, -0.2) is 19.1 Å². The van der Waals surface area contributed by atoms with E-state index in [1.165, 1.54) is 6.08 Å². The second-order valence-corrected chi connectivity index (χ2v) is 4.24. The molecule has 0 aliphatic carbocycles. The Morgan fingerprint density at radius 2 is 2.32 bits per heavy atom. The number of hydrogen-bond donors (Lipinski definition) is 1. The number of rotatable bonds is 5. The van der Waals surface area contributed by atoms with Gasteiger partial charge < -0.3 is 10.1 Å². The Balaban J connectivity index is 2.80. The van der Waals surface area contributed by atoms with E-state index in [0.717, 1.165) is 5.56 Å². The van der Waals surface area contributed by atoms with Crippen molar-refractivity contribution in [2.24, 2.45) is 0 Å². The van der Waals surface area contributed by atoms with Crippen molar-refractivity contribution < 1.29 is 9.53 Å². The van der Waals surface area contributed by atoms with Gasteiger partial charge in [0, 0.05) is 17.3 Å². The largest absolute Gasteiger partial charge is 0.378 e. The smallest absolute Gasteiger partial charge is 0.266 e. The van der Waals surface area contributed by atoms with E-state index in [2.05, 4.69) is 5.32 Å². The number of halogens is 1. The number of carbonyl (C=O) groups excluding carboxylic acids is 1. The first-order chi connectivity index (χ1) is 9.08. The number of anilines is 1. The molecule has 19 heavy (non-hydrogen) atoms. The predicted octanol–water partition coefficient (Wildman–Crippen LogP) is 3.07. The van der Waals surface area contributed by atoms with E-state index in [1.54, 1.807) is 18.2 Å². The van der Waals surface area contributed by atoms with Gasteiger partial charge in [0.15, 0.2) is 0 Å². The van der Waals surface area contributed by atoms with E-state index in [4.69, 9.17) is 21.6 Å². The van der Waals surface area contributed by atoms with E-state index < -0.39 is 5.91 Å². The van der Waals surface area contributed by atoms with Crippen LogP contribution in [0.4, 0.5) is 5.69 Å². The van der Waals surface area contributed by atoms with Crippen LogP contribution in [0.1, 0.15) is 12.5 Å². The SMILES string of the molecule is CCOCC=C(C#N)C(=O)Nc1cc(Cl)ccc1C. The molecule has 0 aromatic heterocycles. The number of nitriles is 1. The molecule has 0 unspecified atom stereocenters. The van der Waals surface area contributed by atoms with Crippen molar-refractivity contribution in [2.75, 3.05) is 18.5 Å². The Morgan fingerprint density at radius 1 is 1.58 bits per heavy atom. The van der Waals surface area contributed by atoms with Gasteiger partial charge in [0.05, 0.1) is 6.61 Å². The third-order valence-electron chi connectivity index (χ3n) is 2.42. The lowest BCUT2D eigenvalue weighted by molar-refractivity contribution is -0.112. The van der Waals surface area contributed by atoms with Crippen molar-refractivity contribution in [3.05, 3.63) is 40.4 Å². The first-order valence-corrected chi connectivity index (χ1v) is 6.21. The number of aryl methyl sites for hydroxylation is 1. The minimum absolute atomic E-state index is 0.0211. The number of benzene rings is 1. The van der Waals surface area contributed by atoms with Crippen LogP contribution >= 0.6 is 11.6 Å². The Morgan fingerprint density at radius 3 is 2.95 bits per heavy atom. The molecule has 0 atom stereocenters. The summed E-state index contributed by atoms with van der Waals surface area (Å²) in [5.41, 5.74) is 1.49. The van der Waals surface area contributed by atoms with Gasteiger partial charge in [-0.15, -0.1) is 0 Å². The highest BCUT2D eigenvalue weighted by Gasteiger charge is 2.10. The van der Waals surface area contributed by atoms with Gasteiger partial charge in [-0.2, -0.15) is 5.26 Å². The van der Waals surface area contributed by atoms with Crippen molar-refractivity contribution >= 4 is 23.2 Å². The molecule has 1 N–H and O–H groups in total. The fourth-order valence-electron chi connectivity index (χ4n) is 1.37. The zero-order valence-corrected chi connectivity index (χ0v) is 11.6. The van der Waals surface area contributed by atoms with E-state index in [1.807, 2.05) is 19.9 Å². The third kappa shape index (κ3) is 4.74. The van der Waals surface area contributed by atoms with Crippen molar-refractivity contribution in [1.29, 1.82) is 5.26 Å². The molecule has 0 aliphatic heterocycles. The highest BCUT2D eigenvalue weighted by Crippen LogP contribution is 2.20. The van der Waals surface area contributed by atoms with Crippen LogP contribution in [0.2, 0.25) is 5.02 Å². The zero-order chi connectivity index (χ0) is 14.3. The first kappa shape index (κ1) is 15.2. The van der Waals surface area contributed by atoms with Gasteiger partial charge in [-0.1, -0.05) is 17.7 Å². The van der Waals surface area contributed by atoms with Crippen LogP contribution in [-0.2, 0) is 9.53 Å². The fraction of sp³-hybridized carbons (Fsp3) is 0.286. The number of carbonyl (C=O) groups is 1. The molecule has 1 aromatic carbocycles. The predicted molar refractivity (Wildman–Crippen MR) is 75.0 cm³/mol. The van der Waals surface area contributed by atoms with Crippen molar-refractivity contribution in [1.82, 2.24) is 0 Å². The number of nitrogens with one attached hydrogen (secondary N) is 1. The van der Waals surface area contributed by atoms with Gasteiger partial charge in [0.25, 0.3) is 5.91 Å². The van der Waals surface area contributed by atoms with E-state index in [0.29, 0.717) is 17.3 Å². The Labute approximate surface area is 117 Å². The Bertz CT molecular complexity index is 533. The first-order valence-electron chi connectivity index (χ1n) is 5.84. The van der Waals surface area contributed by atoms with Crippen LogP contribution in [0, 0.1) is 18.3 Å². The molecule has 0 heterocycles. The summed E-state index contributed by atoms with van der Waals surface area (Å²) in [6, 6.07) is 7.03. The van der Waals surface area contributed by atoms with E-state index in [9.17, 15) is 4.79 Å². The summed E-state index contributed by atoms with van der Waals surface area (Å²) < 4.78 is 5.08. The van der Waals surface area contributed by atoms with Crippen LogP contribution < -0.4 is 5.32 Å². The monoisotopic (exact) mass is 278 g/mol. The standard InChI is InChI=1S/C14H15ClN2O2/c1-3-19-7-6-11(9-16)14(18)17-13-8-12(15)5-4-10(13)2/h4-6,8H,3,7H2,1-2H3,(H,17,18). The third-order valence-corrected chi connectivity index (χ3v) is 2.66. The van der Waals surface area contributed by atoms with Crippen molar-refractivity contribution in [3.63, 3.8) is 0 Å². The van der Waals surface area contributed by atoms with Crippen molar-refractivity contribution in [2.45, 2.75) is 13.8 Å². The second kappa shape index (κ2) is 7.57. The van der Waals surface area contributed by atoms with Crippen LogP contribution in [0.5, 0.6) is 0 Å². The van der Waals surface area contributed by atoms with E-state index in [-0.39, 0.29) is 12.2 Å². The molecule has 5 heteroatoms. The number of ether oxygens (including phenoxy) is 1. The highest BCUT2D eigenvalue weighted by atomic mass is 35.5. The molecule has 0 aliphatic rings. The highest BCUT2D eigenvalue weighted by molar-refractivity contribution is 6.31. The minimum atomic E-state index is -0.465. The number of hydrogen-bond acceptors (Lipinski definition) is 3. The average molecular weight is 279 g/mol. The molecule has 1 aromatic rings. The molecule has 0 saturated carbocycles. The van der Waals surface area contributed by atoms with Crippen LogP contribution in [0.15, 0.2) is 29.8 Å². The summed E-state index contributed by atoms with van der Waals surface area (Å²) in [7, 11) is 0. The number of nitrogens with zero attached hydrogens (tertiary/aromatic N) is 1. The molecular weight excluding hydrogens is 264 g/mol. The zero-order valence-electron chi connectivity index (χ0n) is 10.9. The van der Waals surface area contributed by atoms with Gasteiger partial charge >= 0.3 is 0 Å². The lowest BCUT2D eigenvalue weighted by Gasteiger charge is -2.08. The molecule has 0 saturated heterocycles. The molecule has 0 bridgehead atoms. The van der Waals surface area contributed by atoms with E-state index >= 15 is 0 Å². The molecule has 100 valence electrons. The molecule has 1 amide bonds.